The molecular formula is C12H17BrClNO3S2. The number of sulfonamides is 1. The fourth-order valence-electron chi connectivity index (χ4n) is 2.47. The van der Waals surface area contributed by atoms with Crippen molar-refractivity contribution in [2.75, 3.05) is 13.1 Å². The molecule has 1 aromatic rings. The van der Waals surface area contributed by atoms with Crippen LogP contribution < -0.4 is 0 Å². The largest absolute Gasteiger partial charge is 0.367 e. The van der Waals surface area contributed by atoms with Gasteiger partial charge in [0.25, 0.3) is 10.0 Å². The number of hydrogen-bond donors (Lipinski definition) is 0. The van der Waals surface area contributed by atoms with Crippen LogP contribution in [0.15, 0.2) is 14.1 Å². The molecule has 1 aliphatic heterocycles. The van der Waals surface area contributed by atoms with Gasteiger partial charge >= 0.3 is 0 Å². The highest BCUT2D eigenvalue weighted by Crippen LogP contribution is 2.38. The van der Waals surface area contributed by atoms with Gasteiger partial charge < -0.3 is 4.74 Å². The zero-order valence-corrected chi connectivity index (χ0v) is 15.7. The van der Waals surface area contributed by atoms with Crippen molar-refractivity contribution in [3.63, 3.8) is 0 Å². The van der Waals surface area contributed by atoms with E-state index in [0.29, 0.717) is 21.9 Å². The third kappa shape index (κ3) is 3.39. The third-order valence-electron chi connectivity index (χ3n) is 2.88. The zero-order valence-electron chi connectivity index (χ0n) is 11.7. The first-order chi connectivity index (χ1) is 8.93. The lowest BCUT2D eigenvalue weighted by Gasteiger charge is -2.46. The van der Waals surface area contributed by atoms with E-state index in [2.05, 4.69) is 15.9 Å². The van der Waals surface area contributed by atoms with Gasteiger partial charge in [0.15, 0.2) is 0 Å². The molecule has 4 nitrogen and oxygen atoms in total. The first-order valence-electron chi connectivity index (χ1n) is 6.08. The Hall–Kier alpha value is 0.340. The van der Waals surface area contributed by atoms with Gasteiger partial charge in [-0.15, -0.1) is 11.3 Å². The number of halogens is 2. The van der Waals surface area contributed by atoms with Crippen molar-refractivity contribution in [3.05, 3.63) is 14.9 Å². The van der Waals surface area contributed by atoms with Gasteiger partial charge in [0, 0.05) is 13.1 Å². The average Bonchev–Trinajstić information content (AvgIpc) is 2.55. The van der Waals surface area contributed by atoms with Gasteiger partial charge in [0.05, 0.1) is 20.0 Å². The maximum Gasteiger partial charge on any atom is 0.252 e. The van der Waals surface area contributed by atoms with Crippen molar-refractivity contribution in [2.45, 2.75) is 43.1 Å². The molecular weight excluding hydrogens is 386 g/mol. The lowest BCUT2D eigenvalue weighted by Crippen LogP contribution is -2.58. The number of nitrogens with zero attached hydrogens (tertiary/aromatic N) is 1. The van der Waals surface area contributed by atoms with E-state index in [1.165, 1.54) is 10.4 Å². The highest BCUT2D eigenvalue weighted by Gasteiger charge is 2.43. The molecule has 0 unspecified atom stereocenters. The number of thiophene rings is 1. The first-order valence-corrected chi connectivity index (χ1v) is 9.51. The predicted octanol–water partition coefficient (Wildman–Crippen LogP) is 3.74. The summed E-state index contributed by atoms with van der Waals surface area (Å²) in [4.78, 5) is 0. The predicted molar refractivity (Wildman–Crippen MR) is 85.0 cm³/mol. The Bertz CT molecular complexity index is 589. The number of morpholine rings is 1. The minimum absolute atomic E-state index is 0.253. The van der Waals surface area contributed by atoms with Gasteiger partial charge in [-0.1, -0.05) is 11.6 Å². The Morgan fingerprint density at radius 2 is 1.80 bits per heavy atom. The van der Waals surface area contributed by atoms with E-state index in [0.717, 1.165) is 11.3 Å². The van der Waals surface area contributed by atoms with Crippen LogP contribution in [0.4, 0.5) is 0 Å². The molecule has 2 rings (SSSR count). The molecule has 1 fully saturated rings. The Morgan fingerprint density at radius 3 is 2.20 bits per heavy atom. The average molecular weight is 403 g/mol. The molecule has 0 amide bonds. The topological polar surface area (TPSA) is 46.6 Å². The monoisotopic (exact) mass is 401 g/mol. The normalized spacial score (nSPS) is 22.9. The Balaban J connectivity index is 2.39. The van der Waals surface area contributed by atoms with E-state index >= 15 is 0 Å². The summed E-state index contributed by atoms with van der Waals surface area (Å²) in [5.74, 6) is 0. The zero-order chi connectivity index (χ0) is 15.3. The summed E-state index contributed by atoms with van der Waals surface area (Å²) in [6.07, 6.45) is 0. The van der Waals surface area contributed by atoms with E-state index in [1.54, 1.807) is 0 Å². The summed E-state index contributed by atoms with van der Waals surface area (Å²) < 4.78 is 33.7. The summed E-state index contributed by atoms with van der Waals surface area (Å²) in [7, 11) is -3.55. The van der Waals surface area contributed by atoms with Crippen LogP contribution in [0.2, 0.25) is 5.02 Å². The van der Waals surface area contributed by atoms with E-state index in [-0.39, 0.29) is 4.21 Å². The molecule has 114 valence electrons. The summed E-state index contributed by atoms with van der Waals surface area (Å²) >= 11 is 10.3. The van der Waals surface area contributed by atoms with Gasteiger partial charge in [0.2, 0.25) is 0 Å². The van der Waals surface area contributed by atoms with E-state index in [1.807, 2.05) is 27.7 Å². The quantitative estimate of drug-likeness (QED) is 0.757. The number of rotatable bonds is 2. The minimum Gasteiger partial charge on any atom is -0.367 e. The smallest absolute Gasteiger partial charge is 0.252 e. The molecule has 1 aromatic heterocycles. The highest BCUT2D eigenvalue weighted by molar-refractivity contribution is 9.11. The van der Waals surface area contributed by atoms with Crippen LogP contribution in [-0.2, 0) is 14.8 Å². The van der Waals surface area contributed by atoms with Crippen molar-refractivity contribution >= 4 is 48.9 Å². The third-order valence-corrected chi connectivity index (χ3v) is 7.60. The van der Waals surface area contributed by atoms with Gasteiger partial charge in [-0.25, -0.2) is 8.42 Å². The molecule has 0 aromatic carbocycles. The molecule has 2 heterocycles. The molecule has 0 N–H and O–H groups in total. The fraction of sp³-hybridized carbons (Fsp3) is 0.667. The van der Waals surface area contributed by atoms with Gasteiger partial charge in [-0.05, 0) is 49.7 Å². The van der Waals surface area contributed by atoms with Crippen molar-refractivity contribution in [2.24, 2.45) is 0 Å². The molecule has 0 aliphatic carbocycles. The first kappa shape index (κ1) is 16.7. The second-order valence-corrected chi connectivity index (χ2v) is 11.0. The Labute approximate surface area is 137 Å². The minimum atomic E-state index is -3.55. The van der Waals surface area contributed by atoms with E-state index in [4.69, 9.17) is 16.3 Å². The van der Waals surface area contributed by atoms with Gasteiger partial charge in [0.1, 0.15) is 4.21 Å². The van der Waals surface area contributed by atoms with Crippen molar-refractivity contribution in [3.8, 4) is 0 Å². The summed E-state index contributed by atoms with van der Waals surface area (Å²) in [6, 6.07) is 1.49. The van der Waals surface area contributed by atoms with Crippen molar-refractivity contribution in [1.82, 2.24) is 4.31 Å². The van der Waals surface area contributed by atoms with Crippen LogP contribution in [0.5, 0.6) is 0 Å². The molecule has 0 saturated carbocycles. The molecule has 8 heteroatoms. The summed E-state index contributed by atoms with van der Waals surface area (Å²) in [6.45, 7) is 8.24. The SMILES string of the molecule is CC1(C)CN(S(=O)(=O)c2cc(Cl)c(Br)s2)CC(C)(C)O1. The van der Waals surface area contributed by atoms with Crippen LogP contribution in [0.25, 0.3) is 0 Å². The highest BCUT2D eigenvalue weighted by atomic mass is 79.9. The van der Waals surface area contributed by atoms with Crippen LogP contribution in [0.3, 0.4) is 0 Å². The van der Waals surface area contributed by atoms with Crippen LogP contribution in [-0.4, -0.2) is 37.0 Å². The van der Waals surface area contributed by atoms with Crippen molar-refractivity contribution < 1.29 is 13.2 Å². The molecule has 0 atom stereocenters. The van der Waals surface area contributed by atoms with Crippen LogP contribution >= 0.6 is 38.9 Å². The van der Waals surface area contributed by atoms with Gasteiger partial charge in [-0.3, -0.25) is 0 Å². The molecule has 0 spiro atoms. The maximum absolute atomic E-state index is 12.7. The van der Waals surface area contributed by atoms with Crippen LogP contribution in [0, 0.1) is 0 Å². The lowest BCUT2D eigenvalue weighted by molar-refractivity contribution is -0.163. The van der Waals surface area contributed by atoms with Crippen molar-refractivity contribution in [1.29, 1.82) is 0 Å². The molecule has 20 heavy (non-hydrogen) atoms. The summed E-state index contributed by atoms with van der Waals surface area (Å²) in [5.41, 5.74) is -1.04. The molecule has 1 aliphatic rings. The van der Waals surface area contributed by atoms with Gasteiger partial charge in [-0.2, -0.15) is 4.31 Å². The lowest BCUT2D eigenvalue weighted by atomic mass is 10.0. The maximum atomic E-state index is 12.7. The Morgan fingerprint density at radius 1 is 1.30 bits per heavy atom. The van der Waals surface area contributed by atoms with E-state index < -0.39 is 21.2 Å². The second kappa shape index (κ2) is 5.21. The van der Waals surface area contributed by atoms with Crippen LogP contribution in [0.1, 0.15) is 27.7 Å². The second-order valence-electron chi connectivity index (χ2n) is 6.08. The molecule has 0 radical (unpaired) electrons. The standard InChI is InChI=1S/C12H17BrClNO3S2/c1-11(2)6-15(7-12(3,4)18-11)20(16,17)9-5-8(14)10(13)19-9/h5H,6-7H2,1-4H3. The van der Waals surface area contributed by atoms with E-state index in [9.17, 15) is 8.42 Å². The summed E-state index contributed by atoms with van der Waals surface area (Å²) in [5, 5.41) is 0.417. The molecule has 1 saturated heterocycles. The number of ether oxygens (including phenoxy) is 1. The molecule has 0 bridgehead atoms. The number of hydrogen-bond acceptors (Lipinski definition) is 4. The fourth-order valence-corrected chi connectivity index (χ4v) is 6.76. The Kier molecular flexibility index (Phi) is 4.35.